The second-order valence-corrected chi connectivity index (χ2v) is 4.54. The molecule has 2 rings (SSSR count). The number of piperazine rings is 1. The lowest BCUT2D eigenvalue weighted by Crippen LogP contribution is -2.64. The van der Waals surface area contributed by atoms with Crippen LogP contribution in [0.3, 0.4) is 0 Å². The molecule has 1 aromatic rings. The Balaban J connectivity index is 1.89. The summed E-state index contributed by atoms with van der Waals surface area (Å²) in [6.07, 6.45) is 0.340. The molecule has 0 bridgehead atoms. The van der Waals surface area contributed by atoms with E-state index in [4.69, 9.17) is 4.74 Å². The van der Waals surface area contributed by atoms with E-state index in [0.717, 1.165) is 6.54 Å². The molecule has 0 spiro atoms. The van der Waals surface area contributed by atoms with Gasteiger partial charge in [-0.05, 0) is 24.3 Å². The van der Waals surface area contributed by atoms with Crippen molar-refractivity contribution >= 4 is 5.97 Å². The van der Waals surface area contributed by atoms with E-state index in [1.165, 1.54) is 24.3 Å². The van der Waals surface area contributed by atoms with Gasteiger partial charge in [-0.3, -0.25) is 10.1 Å². The molecule has 0 amide bonds. The first kappa shape index (κ1) is 13.8. The quantitative estimate of drug-likeness (QED) is 0.730. The van der Waals surface area contributed by atoms with Crippen molar-refractivity contribution in [3.8, 4) is 5.75 Å². The Morgan fingerprint density at radius 3 is 2.68 bits per heavy atom. The molecule has 1 aliphatic heterocycles. The smallest absolute Gasteiger partial charge is 0.325 e. The average molecular weight is 268 g/mol. The molecule has 1 fully saturated rings. The third-order valence-electron chi connectivity index (χ3n) is 3.21. The number of aliphatic carboxylic acids is 1. The number of carbonyl (C=O) groups is 1. The Hall–Kier alpha value is -1.66. The molecule has 0 aliphatic carbocycles. The number of halogens is 1. The molecule has 3 N–H and O–H groups in total. The van der Waals surface area contributed by atoms with E-state index in [1.807, 2.05) is 0 Å². The second kappa shape index (κ2) is 5.99. The normalized spacial score (nSPS) is 23.0. The van der Waals surface area contributed by atoms with E-state index in [0.29, 0.717) is 25.3 Å². The number of hydrogen-bond acceptors (Lipinski definition) is 4. The lowest BCUT2D eigenvalue weighted by atomic mass is 9.94. The molecule has 0 saturated carbocycles. The van der Waals surface area contributed by atoms with Gasteiger partial charge in [0, 0.05) is 26.1 Å². The maximum Gasteiger partial charge on any atom is 0.325 e. The topological polar surface area (TPSA) is 70.6 Å². The van der Waals surface area contributed by atoms with E-state index in [-0.39, 0.29) is 12.4 Å². The molecule has 1 saturated heterocycles. The fraction of sp³-hybridized carbons (Fsp3) is 0.462. The van der Waals surface area contributed by atoms with Gasteiger partial charge < -0.3 is 15.2 Å². The van der Waals surface area contributed by atoms with Crippen molar-refractivity contribution in [2.24, 2.45) is 0 Å². The van der Waals surface area contributed by atoms with Gasteiger partial charge >= 0.3 is 5.97 Å². The van der Waals surface area contributed by atoms with Crippen LogP contribution in [0, 0.1) is 5.82 Å². The van der Waals surface area contributed by atoms with Crippen LogP contribution in [0.4, 0.5) is 4.39 Å². The van der Waals surface area contributed by atoms with Gasteiger partial charge in [0.15, 0.2) is 0 Å². The van der Waals surface area contributed by atoms with Crippen LogP contribution in [-0.4, -0.2) is 42.9 Å². The number of nitrogens with one attached hydrogen (secondary N) is 2. The predicted octanol–water partition coefficient (Wildman–Crippen LogP) is 0.611. The fourth-order valence-corrected chi connectivity index (χ4v) is 2.06. The van der Waals surface area contributed by atoms with Gasteiger partial charge in [-0.1, -0.05) is 0 Å². The van der Waals surface area contributed by atoms with Crippen LogP contribution in [0.2, 0.25) is 0 Å². The van der Waals surface area contributed by atoms with Crippen LogP contribution in [-0.2, 0) is 4.79 Å². The van der Waals surface area contributed by atoms with E-state index in [1.54, 1.807) is 0 Å². The largest absolute Gasteiger partial charge is 0.494 e. The van der Waals surface area contributed by atoms with Gasteiger partial charge in [0.05, 0.1) is 6.61 Å². The zero-order valence-electron chi connectivity index (χ0n) is 10.5. The summed E-state index contributed by atoms with van der Waals surface area (Å²) < 4.78 is 18.2. The monoisotopic (exact) mass is 268 g/mol. The van der Waals surface area contributed by atoms with Crippen molar-refractivity contribution in [3.05, 3.63) is 30.1 Å². The molecular weight excluding hydrogens is 251 g/mol. The molecule has 19 heavy (non-hydrogen) atoms. The maximum atomic E-state index is 12.7. The second-order valence-electron chi connectivity index (χ2n) is 4.54. The highest BCUT2D eigenvalue weighted by Gasteiger charge is 2.39. The number of carboxylic acids is 1. The van der Waals surface area contributed by atoms with Crippen LogP contribution >= 0.6 is 0 Å². The summed E-state index contributed by atoms with van der Waals surface area (Å²) in [6, 6.07) is 5.66. The molecule has 0 radical (unpaired) electrons. The molecule has 1 atom stereocenters. The standard InChI is InChI=1S/C13H17FN2O3/c14-10-1-3-11(4-2-10)19-8-5-13(12(17)18)9-15-6-7-16-13/h1-4,15-16H,5-9H2,(H,17,18)/t13-/m1/s1. The van der Waals surface area contributed by atoms with E-state index in [9.17, 15) is 14.3 Å². The zero-order chi connectivity index (χ0) is 13.7. The van der Waals surface area contributed by atoms with Crippen molar-refractivity contribution in [2.75, 3.05) is 26.2 Å². The van der Waals surface area contributed by atoms with Crippen LogP contribution in [0.25, 0.3) is 0 Å². The van der Waals surface area contributed by atoms with Crippen molar-refractivity contribution in [3.63, 3.8) is 0 Å². The predicted molar refractivity (Wildman–Crippen MR) is 67.8 cm³/mol. The average Bonchev–Trinajstić information content (AvgIpc) is 2.42. The first-order valence-corrected chi connectivity index (χ1v) is 6.20. The Bertz CT molecular complexity index is 430. The lowest BCUT2D eigenvalue weighted by molar-refractivity contribution is -0.146. The Labute approximate surface area is 110 Å². The summed E-state index contributed by atoms with van der Waals surface area (Å²) >= 11 is 0. The summed E-state index contributed by atoms with van der Waals surface area (Å²) in [5.41, 5.74) is -0.988. The van der Waals surface area contributed by atoms with Gasteiger partial charge in [0.25, 0.3) is 0 Å². The molecular formula is C13H17FN2O3. The minimum Gasteiger partial charge on any atom is -0.494 e. The first-order chi connectivity index (χ1) is 9.12. The van der Waals surface area contributed by atoms with Crippen molar-refractivity contribution in [2.45, 2.75) is 12.0 Å². The number of ether oxygens (including phenoxy) is 1. The third kappa shape index (κ3) is 3.42. The molecule has 1 aliphatic rings. The van der Waals surface area contributed by atoms with Crippen molar-refractivity contribution in [1.29, 1.82) is 0 Å². The summed E-state index contributed by atoms with van der Waals surface area (Å²) in [5.74, 6) is -0.680. The van der Waals surface area contributed by atoms with E-state index < -0.39 is 11.5 Å². The molecule has 5 nitrogen and oxygen atoms in total. The summed E-state index contributed by atoms with van der Waals surface area (Å²) in [7, 11) is 0. The number of rotatable bonds is 5. The van der Waals surface area contributed by atoms with Gasteiger partial charge in [-0.2, -0.15) is 0 Å². The molecule has 6 heteroatoms. The fourth-order valence-electron chi connectivity index (χ4n) is 2.06. The highest BCUT2D eigenvalue weighted by atomic mass is 19.1. The SMILES string of the molecule is O=C(O)[C@@]1(CCOc2ccc(F)cc2)CNCCN1. The first-order valence-electron chi connectivity index (χ1n) is 6.20. The molecule has 0 unspecified atom stereocenters. The maximum absolute atomic E-state index is 12.7. The Morgan fingerprint density at radius 1 is 1.37 bits per heavy atom. The third-order valence-corrected chi connectivity index (χ3v) is 3.21. The van der Waals surface area contributed by atoms with Gasteiger partial charge in [-0.25, -0.2) is 4.39 Å². The number of hydrogen-bond donors (Lipinski definition) is 3. The summed E-state index contributed by atoms with van der Waals surface area (Å²) in [4.78, 5) is 11.4. The molecule has 1 aromatic carbocycles. The summed E-state index contributed by atoms with van der Waals surface area (Å²) in [5, 5.41) is 15.4. The molecule has 1 heterocycles. The Kier molecular flexibility index (Phi) is 4.34. The van der Waals surface area contributed by atoms with Crippen LogP contribution < -0.4 is 15.4 Å². The highest BCUT2D eigenvalue weighted by molar-refractivity contribution is 5.79. The van der Waals surface area contributed by atoms with Crippen molar-refractivity contribution < 1.29 is 19.0 Å². The molecule has 0 aromatic heterocycles. The van der Waals surface area contributed by atoms with E-state index in [2.05, 4.69) is 10.6 Å². The number of benzene rings is 1. The Morgan fingerprint density at radius 2 is 2.11 bits per heavy atom. The van der Waals surface area contributed by atoms with Crippen LogP contribution in [0.1, 0.15) is 6.42 Å². The minimum absolute atomic E-state index is 0.257. The van der Waals surface area contributed by atoms with Crippen LogP contribution in [0.15, 0.2) is 24.3 Å². The summed E-state index contributed by atoms with van der Waals surface area (Å²) in [6.45, 7) is 2.00. The van der Waals surface area contributed by atoms with Gasteiger partial charge in [0.2, 0.25) is 0 Å². The van der Waals surface area contributed by atoms with Gasteiger partial charge in [0.1, 0.15) is 17.1 Å². The minimum atomic E-state index is -0.988. The number of carboxylic acid groups (broad SMARTS) is 1. The molecule has 104 valence electrons. The van der Waals surface area contributed by atoms with E-state index >= 15 is 0 Å². The van der Waals surface area contributed by atoms with Crippen LogP contribution in [0.5, 0.6) is 5.75 Å². The zero-order valence-corrected chi connectivity index (χ0v) is 10.5. The van der Waals surface area contributed by atoms with Gasteiger partial charge in [-0.15, -0.1) is 0 Å². The lowest BCUT2D eigenvalue weighted by Gasteiger charge is -2.34. The highest BCUT2D eigenvalue weighted by Crippen LogP contribution is 2.16. The van der Waals surface area contributed by atoms with Crippen molar-refractivity contribution in [1.82, 2.24) is 10.6 Å².